The number of nitrogens with zero attached hydrogens (tertiary/aromatic N) is 1. The van der Waals surface area contributed by atoms with Gasteiger partial charge in [0.1, 0.15) is 0 Å². The zero-order valence-corrected chi connectivity index (χ0v) is 17.3. The highest BCUT2D eigenvalue weighted by Gasteiger charge is 2.20. The molecule has 1 N–H and O–H groups in total. The molecule has 0 aliphatic carbocycles. The molecule has 0 bridgehead atoms. The first-order valence-electron chi connectivity index (χ1n) is 9.98. The molecule has 1 saturated heterocycles. The van der Waals surface area contributed by atoms with Crippen LogP contribution in [0.5, 0.6) is 0 Å². The van der Waals surface area contributed by atoms with Crippen molar-refractivity contribution < 1.29 is 4.79 Å². The summed E-state index contributed by atoms with van der Waals surface area (Å²) < 4.78 is 0. The Bertz CT molecular complexity index is 598. The number of carbonyl (C=O) groups excluding carboxylic acids is 1. The maximum Gasteiger partial charge on any atom is 0.220 e. The zero-order valence-electron chi connectivity index (χ0n) is 17.3. The van der Waals surface area contributed by atoms with E-state index < -0.39 is 0 Å². The summed E-state index contributed by atoms with van der Waals surface area (Å²) in [6, 6.07) is 9.05. The van der Waals surface area contributed by atoms with Gasteiger partial charge < -0.3 is 5.32 Å². The third-order valence-electron chi connectivity index (χ3n) is 5.17. The van der Waals surface area contributed by atoms with Crippen molar-refractivity contribution in [3.63, 3.8) is 0 Å². The van der Waals surface area contributed by atoms with Gasteiger partial charge in [0.15, 0.2) is 0 Å². The molecule has 1 amide bonds. The van der Waals surface area contributed by atoms with Crippen LogP contribution in [0, 0.1) is 0 Å². The van der Waals surface area contributed by atoms with Crippen LogP contribution in [0.4, 0.5) is 0 Å². The number of piperidine rings is 1. The first-order valence-corrected chi connectivity index (χ1v) is 9.98. The van der Waals surface area contributed by atoms with E-state index in [1.54, 1.807) is 0 Å². The first kappa shape index (κ1) is 20.7. The third-order valence-corrected chi connectivity index (χ3v) is 5.17. The predicted molar refractivity (Wildman–Crippen MR) is 110 cm³/mol. The van der Waals surface area contributed by atoms with E-state index in [-0.39, 0.29) is 11.3 Å². The lowest BCUT2D eigenvalue weighted by Crippen LogP contribution is -2.44. The molecular weight excluding hydrogens is 320 g/mol. The van der Waals surface area contributed by atoms with Crippen LogP contribution in [-0.2, 0) is 16.6 Å². The van der Waals surface area contributed by atoms with Crippen molar-refractivity contribution in [2.45, 2.75) is 71.8 Å². The Labute approximate surface area is 159 Å². The highest BCUT2D eigenvalue weighted by molar-refractivity contribution is 5.76. The highest BCUT2D eigenvalue weighted by atomic mass is 16.1. The minimum absolute atomic E-state index is 0.177. The van der Waals surface area contributed by atoms with Gasteiger partial charge in [0, 0.05) is 32.1 Å². The van der Waals surface area contributed by atoms with Crippen LogP contribution < -0.4 is 5.32 Å². The number of amides is 1. The van der Waals surface area contributed by atoms with Crippen LogP contribution in [0.1, 0.15) is 65.0 Å². The number of likely N-dealkylation sites (tertiary alicyclic amines) is 1. The van der Waals surface area contributed by atoms with Crippen LogP contribution in [0.2, 0.25) is 0 Å². The minimum atomic E-state index is 0.177. The van der Waals surface area contributed by atoms with Crippen molar-refractivity contribution >= 4 is 5.91 Å². The highest BCUT2D eigenvalue weighted by Crippen LogP contribution is 2.22. The van der Waals surface area contributed by atoms with Crippen molar-refractivity contribution in [1.82, 2.24) is 10.2 Å². The summed E-state index contributed by atoms with van der Waals surface area (Å²) in [6.07, 6.45) is 5.79. The Kier molecular flexibility index (Phi) is 7.45. The van der Waals surface area contributed by atoms with Gasteiger partial charge in [-0.3, -0.25) is 9.69 Å². The summed E-state index contributed by atoms with van der Waals surface area (Å²) >= 11 is 0. The summed E-state index contributed by atoms with van der Waals surface area (Å²) in [4.78, 5) is 14.7. The topological polar surface area (TPSA) is 32.3 Å². The predicted octanol–water partition coefficient (Wildman–Crippen LogP) is 4.46. The Morgan fingerprint density at radius 1 is 1.15 bits per heavy atom. The Morgan fingerprint density at radius 2 is 1.77 bits per heavy atom. The molecule has 0 unspecified atom stereocenters. The van der Waals surface area contributed by atoms with Crippen molar-refractivity contribution in [2.24, 2.45) is 0 Å². The number of hydrogen-bond acceptors (Lipinski definition) is 2. The van der Waals surface area contributed by atoms with E-state index in [4.69, 9.17) is 0 Å². The molecule has 144 valence electrons. The fourth-order valence-electron chi connectivity index (χ4n) is 3.30. The van der Waals surface area contributed by atoms with Gasteiger partial charge in [-0.15, -0.1) is 0 Å². The van der Waals surface area contributed by atoms with Crippen LogP contribution in [-0.4, -0.2) is 36.5 Å². The van der Waals surface area contributed by atoms with Gasteiger partial charge in [0.25, 0.3) is 0 Å². The molecule has 1 aliphatic heterocycles. The molecule has 1 fully saturated rings. The van der Waals surface area contributed by atoms with E-state index >= 15 is 0 Å². The lowest BCUT2D eigenvalue weighted by molar-refractivity contribution is -0.122. The molecule has 1 aromatic rings. The minimum Gasteiger partial charge on any atom is -0.353 e. The molecule has 3 heteroatoms. The second kappa shape index (κ2) is 9.36. The number of rotatable bonds is 6. The lowest BCUT2D eigenvalue weighted by Gasteiger charge is -2.31. The van der Waals surface area contributed by atoms with Crippen LogP contribution in [0.25, 0.3) is 0 Å². The Balaban J connectivity index is 1.70. The first-order chi connectivity index (χ1) is 12.2. The second-order valence-corrected chi connectivity index (χ2v) is 8.87. The molecule has 0 spiro atoms. The van der Waals surface area contributed by atoms with Crippen molar-refractivity contribution in [2.75, 3.05) is 19.6 Å². The van der Waals surface area contributed by atoms with Crippen molar-refractivity contribution in [1.29, 1.82) is 0 Å². The summed E-state index contributed by atoms with van der Waals surface area (Å²) in [5.74, 6) is 0.188. The summed E-state index contributed by atoms with van der Waals surface area (Å²) in [7, 11) is 0. The average Bonchev–Trinajstić information content (AvgIpc) is 2.59. The SMILES string of the molecule is CC(C)=CCN1CCC(NC(=O)CCc2ccc(C(C)(C)C)cc2)CC1. The van der Waals surface area contributed by atoms with Gasteiger partial charge in [-0.2, -0.15) is 0 Å². The van der Waals surface area contributed by atoms with Gasteiger partial charge in [0.05, 0.1) is 0 Å². The molecule has 1 heterocycles. The molecule has 0 aromatic heterocycles. The quantitative estimate of drug-likeness (QED) is 0.763. The van der Waals surface area contributed by atoms with E-state index in [0.717, 1.165) is 38.9 Å². The number of hydrogen-bond donors (Lipinski definition) is 1. The average molecular weight is 357 g/mol. The van der Waals surface area contributed by atoms with E-state index in [1.807, 2.05) is 0 Å². The van der Waals surface area contributed by atoms with Crippen LogP contribution >= 0.6 is 0 Å². The lowest BCUT2D eigenvalue weighted by atomic mass is 9.86. The summed E-state index contributed by atoms with van der Waals surface area (Å²) in [5, 5.41) is 3.23. The Morgan fingerprint density at radius 3 is 2.31 bits per heavy atom. The molecule has 0 atom stereocenters. The molecule has 1 aliphatic rings. The van der Waals surface area contributed by atoms with Gasteiger partial charge in [-0.05, 0) is 49.7 Å². The second-order valence-electron chi connectivity index (χ2n) is 8.87. The number of nitrogens with one attached hydrogen (secondary N) is 1. The van der Waals surface area contributed by atoms with Gasteiger partial charge >= 0.3 is 0 Å². The smallest absolute Gasteiger partial charge is 0.220 e. The molecule has 2 rings (SSSR count). The normalized spacial score (nSPS) is 16.3. The zero-order chi connectivity index (χ0) is 19.2. The molecule has 1 aromatic carbocycles. The summed E-state index contributed by atoms with van der Waals surface area (Å²) in [5.41, 5.74) is 4.13. The fraction of sp³-hybridized carbons (Fsp3) is 0.609. The van der Waals surface area contributed by atoms with Crippen LogP contribution in [0.3, 0.4) is 0 Å². The van der Waals surface area contributed by atoms with Gasteiger partial charge in [0.2, 0.25) is 5.91 Å². The molecule has 3 nitrogen and oxygen atoms in total. The Hall–Kier alpha value is -1.61. The van der Waals surface area contributed by atoms with Crippen LogP contribution in [0.15, 0.2) is 35.9 Å². The van der Waals surface area contributed by atoms with E-state index in [0.29, 0.717) is 12.5 Å². The number of benzene rings is 1. The fourth-order valence-corrected chi connectivity index (χ4v) is 3.30. The van der Waals surface area contributed by atoms with Crippen molar-refractivity contribution in [3.05, 3.63) is 47.0 Å². The third kappa shape index (κ3) is 6.95. The molecule has 0 saturated carbocycles. The maximum atomic E-state index is 12.3. The summed E-state index contributed by atoms with van der Waals surface area (Å²) in [6.45, 7) is 14.1. The van der Waals surface area contributed by atoms with Crippen molar-refractivity contribution in [3.8, 4) is 0 Å². The molecular formula is C23H36N2O. The molecule has 0 radical (unpaired) electrons. The van der Waals surface area contributed by atoms with E-state index in [1.165, 1.54) is 16.7 Å². The van der Waals surface area contributed by atoms with Gasteiger partial charge in [-0.1, -0.05) is 56.7 Å². The largest absolute Gasteiger partial charge is 0.353 e. The number of allylic oxidation sites excluding steroid dienone is 1. The molecule has 26 heavy (non-hydrogen) atoms. The standard InChI is InChI=1S/C23H36N2O/c1-18(2)12-15-25-16-13-21(14-17-25)24-22(26)11-8-19-6-9-20(10-7-19)23(3,4)5/h6-7,9-10,12,21H,8,11,13-17H2,1-5H3,(H,24,26). The van der Waals surface area contributed by atoms with E-state index in [2.05, 4.69) is 75.2 Å². The number of aryl methyl sites for hydroxylation is 1. The maximum absolute atomic E-state index is 12.3. The van der Waals surface area contributed by atoms with E-state index in [9.17, 15) is 4.79 Å². The van der Waals surface area contributed by atoms with Gasteiger partial charge in [-0.25, -0.2) is 0 Å². The monoisotopic (exact) mass is 356 g/mol. The number of carbonyl (C=O) groups is 1.